The summed E-state index contributed by atoms with van der Waals surface area (Å²) in [5.41, 5.74) is 0. The van der Waals surface area contributed by atoms with Crippen LogP contribution in [0.25, 0.3) is 0 Å². The molecule has 0 unspecified atom stereocenters. The molecular weight excluding hydrogens is 232 g/mol. The Morgan fingerprint density at radius 3 is 3.06 bits per heavy atom. The van der Waals surface area contributed by atoms with Gasteiger partial charge in [0, 0.05) is 24.4 Å². The summed E-state index contributed by atoms with van der Waals surface area (Å²) in [4.78, 5) is 4.51. The summed E-state index contributed by atoms with van der Waals surface area (Å²) in [6.45, 7) is 1.51. The molecule has 2 fully saturated rings. The van der Waals surface area contributed by atoms with E-state index in [9.17, 15) is 0 Å². The predicted octanol–water partition coefficient (Wildman–Crippen LogP) is 2.44. The number of ether oxygens (including phenoxy) is 1. The van der Waals surface area contributed by atoms with E-state index in [1.807, 2.05) is 12.1 Å². The maximum absolute atomic E-state index is 5.41. The molecule has 1 aliphatic heterocycles. The van der Waals surface area contributed by atoms with Crippen molar-refractivity contribution in [2.45, 2.75) is 30.6 Å². The maximum Gasteiger partial charge on any atom is 0.230 e. The highest BCUT2D eigenvalue weighted by Crippen LogP contribution is 2.54. The SMILES string of the molecule is c1coc([C@@H]2C[C@@H]2c2nc([C@@H]3CCOC3)no2)c1. The molecule has 3 heterocycles. The normalized spacial score (nSPS) is 30.8. The van der Waals surface area contributed by atoms with Crippen LogP contribution in [0.4, 0.5) is 0 Å². The van der Waals surface area contributed by atoms with E-state index in [0.717, 1.165) is 36.9 Å². The van der Waals surface area contributed by atoms with Gasteiger partial charge in [-0.3, -0.25) is 0 Å². The van der Waals surface area contributed by atoms with Crippen LogP contribution in [0.1, 0.15) is 48.1 Å². The molecule has 0 aromatic carbocycles. The van der Waals surface area contributed by atoms with Gasteiger partial charge in [-0.2, -0.15) is 4.98 Å². The second-order valence-electron chi connectivity index (χ2n) is 5.02. The number of aromatic nitrogens is 2. The lowest BCUT2D eigenvalue weighted by Gasteiger charge is -1.97. The molecule has 5 heteroatoms. The number of rotatable bonds is 3. The van der Waals surface area contributed by atoms with Gasteiger partial charge in [0.05, 0.1) is 12.9 Å². The van der Waals surface area contributed by atoms with Gasteiger partial charge in [-0.25, -0.2) is 0 Å². The van der Waals surface area contributed by atoms with Crippen LogP contribution >= 0.6 is 0 Å². The maximum atomic E-state index is 5.41. The lowest BCUT2D eigenvalue weighted by Crippen LogP contribution is -1.99. The van der Waals surface area contributed by atoms with Gasteiger partial charge < -0.3 is 13.7 Å². The molecule has 18 heavy (non-hydrogen) atoms. The Bertz CT molecular complexity index is 528. The van der Waals surface area contributed by atoms with E-state index >= 15 is 0 Å². The van der Waals surface area contributed by atoms with Gasteiger partial charge in [-0.1, -0.05) is 5.16 Å². The van der Waals surface area contributed by atoms with Gasteiger partial charge in [-0.05, 0) is 25.0 Å². The van der Waals surface area contributed by atoms with E-state index in [-0.39, 0.29) is 0 Å². The van der Waals surface area contributed by atoms with E-state index < -0.39 is 0 Å². The summed E-state index contributed by atoms with van der Waals surface area (Å²) in [7, 11) is 0. The number of hydrogen-bond acceptors (Lipinski definition) is 5. The summed E-state index contributed by atoms with van der Waals surface area (Å²) in [5.74, 6) is 3.62. The van der Waals surface area contributed by atoms with Crippen molar-refractivity contribution in [3.63, 3.8) is 0 Å². The Labute approximate surface area is 104 Å². The molecule has 0 N–H and O–H groups in total. The highest BCUT2D eigenvalue weighted by atomic mass is 16.5. The van der Waals surface area contributed by atoms with Crippen molar-refractivity contribution in [3.8, 4) is 0 Å². The minimum atomic E-state index is 0.309. The third-order valence-electron chi connectivity index (χ3n) is 3.77. The zero-order valence-electron chi connectivity index (χ0n) is 9.91. The van der Waals surface area contributed by atoms with Gasteiger partial charge in [0.25, 0.3) is 0 Å². The molecule has 0 amide bonds. The molecule has 2 aromatic rings. The number of nitrogens with zero attached hydrogens (tertiary/aromatic N) is 2. The van der Waals surface area contributed by atoms with Crippen LogP contribution in [0.5, 0.6) is 0 Å². The fourth-order valence-electron chi connectivity index (χ4n) is 2.59. The Kier molecular flexibility index (Phi) is 2.26. The largest absolute Gasteiger partial charge is 0.469 e. The minimum absolute atomic E-state index is 0.309. The first-order chi connectivity index (χ1) is 8.92. The van der Waals surface area contributed by atoms with Crippen LogP contribution in [0.2, 0.25) is 0 Å². The van der Waals surface area contributed by atoms with Crippen LogP contribution in [-0.4, -0.2) is 23.4 Å². The minimum Gasteiger partial charge on any atom is -0.469 e. The van der Waals surface area contributed by atoms with Crippen molar-refractivity contribution < 1.29 is 13.7 Å². The highest BCUT2D eigenvalue weighted by Gasteiger charge is 2.45. The lowest BCUT2D eigenvalue weighted by atomic mass is 10.1. The van der Waals surface area contributed by atoms with Gasteiger partial charge in [0.15, 0.2) is 5.82 Å². The fraction of sp³-hybridized carbons (Fsp3) is 0.538. The van der Waals surface area contributed by atoms with Crippen LogP contribution in [0, 0.1) is 0 Å². The molecule has 1 aliphatic carbocycles. The van der Waals surface area contributed by atoms with Crippen molar-refractivity contribution in [3.05, 3.63) is 35.9 Å². The van der Waals surface area contributed by atoms with Gasteiger partial charge in [-0.15, -0.1) is 0 Å². The number of hydrogen-bond donors (Lipinski definition) is 0. The third kappa shape index (κ3) is 1.66. The summed E-state index contributed by atoms with van der Waals surface area (Å²) >= 11 is 0. The first kappa shape index (κ1) is 10.3. The summed E-state index contributed by atoms with van der Waals surface area (Å²) in [5, 5.41) is 4.08. The Balaban J connectivity index is 1.50. The smallest absolute Gasteiger partial charge is 0.230 e. The van der Waals surface area contributed by atoms with Crippen LogP contribution in [0.15, 0.2) is 27.3 Å². The quantitative estimate of drug-likeness (QED) is 0.832. The second-order valence-corrected chi connectivity index (χ2v) is 5.02. The Morgan fingerprint density at radius 1 is 1.28 bits per heavy atom. The molecule has 2 aliphatic rings. The Hall–Kier alpha value is -1.62. The molecule has 0 radical (unpaired) electrons. The standard InChI is InChI=1S/C13H14N2O3/c1-2-11(17-4-1)9-6-10(9)13-14-12(15-18-13)8-3-5-16-7-8/h1-2,4,8-10H,3,5-7H2/t8-,9-,10+/m1/s1. The van der Waals surface area contributed by atoms with Crippen LogP contribution in [0.3, 0.4) is 0 Å². The van der Waals surface area contributed by atoms with Crippen molar-refractivity contribution in [1.82, 2.24) is 10.1 Å². The molecule has 2 aromatic heterocycles. The van der Waals surface area contributed by atoms with Crippen molar-refractivity contribution in [2.24, 2.45) is 0 Å². The average Bonchev–Trinajstić information content (AvgIpc) is 2.96. The van der Waals surface area contributed by atoms with Crippen molar-refractivity contribution in [1.29, 1.82) is 0 Å². The van der Waals surface area contributed by atoms with Gasteiger partial charge in [0.1, 0.15) is 5.76 Å². The van der Waals surface area contributed by atoms with E-state index in [1.54, 1.807) is 6.26 Å². The summed E-state index contributed by atoms with van der Waals surface area (Å²) < 4.78 is 16.1. The molecule has 94 valence electrons. The first-order valence-electron chi connectivity index (χ1n) is 6.36. The van der Waals surface area contributed by atoms with Gasteiger partial charge in [0.2, 0.25) is 5.89 Å². The lowest BCUT2D eigenvalue weighted by molar-refractivity contribution is 0.192. The molecule has 1 saturated heterocycles. The number of furan rings is 1. The van der Waals surface area contributed by atoms with E-state index in [2.05, 4.69) is 10.1 Å². The Morgan fingerprint density at radius 2 is 2.28 bits per heavy atom. The van der Waals surface area contributed by atoms with Crippen LogP contribution in [-0.2, 0) is 4.74 Å². The monoisotopic (exact) mass is 246 g/mol. The van der Waals surface area contributed by atoms with Crippen molar-refractivity contribution in [2.75, 3.05) is 13.2 Å². The average molecular weight is 246 g/mol. The molecular formula is C13H14N2O3. The molecule has 1 saturated carbocycles. The molecule has 5 nitrogen and oxygen atoms in total. The molecule has 3 atom stereocenters. The van der Waals surface area contributed by atoms with Crippen LogP contribution < -0.4 is 0 Å². The highest BCUT2D eigenvalue weighted by molar-refractivity contribution is 5.23. The third-order valence-corrected chi connectivity index (χ3v) is 3.77. The predicted molar refractivity (Wildman–Crippen MR) is 61.3 cm³/mol. The van der Waals surface area contributed by atoms with Crippen molar-refractivity contribution >= 4 is 0 Å². The molecule has 0 bridgehead atoms. The topological polar surface area (TPSA) is 61.3 Å². The van der Waals surface area contributed by atoms with E-state index in [1.165, 1.54) is 0 Å². The summed E-state index contributed by atoms with van der Waals surface area (Å²) in [6.07, 6.45) is 3.74. The fourth-order valence-corrected chi connectivity index (χ4v) is 2.59. The zero-order valence-corrected chi connectivity index (χ0v) is 9.91. The molecule has 0 spiro atoms. The van der Waals surface area contributed by atoms with Gasteiger partial charge >= 0.3 is 0 Å². The van der Waals surface area contributed by atoms with E-state index in [0.29, 0.717) is 24.4 Å². The summed E-state index contributed by atoms with van der Waals surface area (Å²) in [6, 6.07) is 3.92. The second kappa shape index (κ2) is 3.95. The zero-order chi connectivity index (χ0) is 11.9. The molecule has 4 rings (SSSR count). The van der Waals surface area contributed by atoms with E-state index in [4.69, 9.17) is 13.7 Å². The first-order valence-corrected chi connectivity index (χ1v) is 6.36.